The highest BCUT2D eigenvalue weighted by atomic mass is 19.4. The van der Waals surface area contributed by atoms with Gasteiger partial charge >= 0.3 is 12.1 Å². The monoisotopic (exact) mass is 269 g/mol. The SMILES string of the molecule is CC(CC(=O)O)N1CCCC(O)(C(F)(F)F)CC1. The third-order valence-corrected chi connectivity index (χ3v) is 3.47. The molecule has 0 spiro atoms. The molecular weight excluding hydrogens is 251 g/mol. The van der Waals surface area contributed by atoms with Crippen molar-refractivity contribution in [1.82, 2.24) is 4.90 Å². The van der Waals surface area contributed by atoms with Gasteiger partial charge in [0.2, 0.25) is 0 Å². The van der Waals surface area contributed by atoms with Crippen LogP contribution in [-0.4, -0.2) is 52.0 Å². The summed E-state index contributed by atoms with van der Waals surface area (Å²) in [4.78, 5) is 12.3. The van der Waals surface area contributed by atoms with E-state index in [2.05, 4.69) is 0 Å². The molecule has 18 heavy (non-hydrogen) atoms. The van der Waals surface area contributed by atoms with Crippen LogP contribution in [0.2, 0.25) is 0 Å². The number of carbonyl (C=O) groups is 1. The molecule has 0 aromatic heterocycles. The van der Waals surface area contributed by atoms with Crippen molar-refractivity contribution in [2.45, 2.75) is 50.4 Å². The lowest BCUT2D eigenvalue weighted by Gasteiger charge is -2.30. The maximum absolute atomic E-state index is 12.7. The first kappa shape index (κ1) is 15.2. The van der Waals surface area contributed by atoms with Crippen molar-refractivity contribution in [2.75, 3.05) is 13.1 Å². The molecule has 4 nitrogen and oxygen atoms in total. The zero-order chi connectivity index (χ0) is 14.0. The molecule has 1 fully saturated rings. The van der Waals surface area contributed by atoms with Crippen molar-refractivity contribution < 1.29 is 28.2 Å². The third kappa shape index (κ3) is 3.58. The zero-order valence-electron chi connectivity index (χ0n) is 10.2. The molecule has 0 saturated carbocycles. The molecule has 1 aliphatic rings. The molecule has 106 valence electrons. The first-order valence-corrected chi connectivity index (χ1v) is 5.91. The van der Waals surface area contributed by atoms with E-state index in [0.29, 0.717) is 6.54 Å². The lowest BCUT2D eigenvalue weighted by atomic mass is 9.94. The molecule has 1 rings (SSSR count). The van der Waals surface area contributed by atoms with Crippen molar-refractivity contribution in [3.8, 4) is 0 Å². The van der Waals surface area contributed by atoms with Gasteiger partial charge in [0.25, 0.3) is 0 Å². The van der Waals surface area contributed by atoms with Gasteiger partial charge in [-0.3, -0.25) is 9.69 Å². The van der Waals surface area contributed by atoms with Crippen molar-refractivity contribution in [2.24, 2.45) is 0 Å². The second kappa shape index (κ2) is 5.44. The summed E-state index contributed by atoms with van der Waals surface area (Å²) in [6.07, 6.45) is -5.25. The van der Waals surface area contributed by atoms with E-state index in [-0.39, 0.29) is 31.8 Å². The summed E-state index contributed by atoms with van der Waals surface area (Å²) in [5.41, 5.74) is -2.63. The van der Waals surface area contributed by atoms with Gasteiger partial charge < -0.3 is 10.2 Å². The number of hydrogen-bond donors (Lipinski definition) is 2. The fourth-order valence-electron chi connectivity index (χ4n) is 2.25. The standard InChI is InChI=1S/C11H18F3NO3/c1-8(7-9(16)17)15-5-2-3-10(18,4-6-15)11(12,13)14/h8,18H,2-7H2,1H3,(H,16,17). The predicted octanol–water partition coefficient (Wildman–Crippen LogP) is 1.63. The van der Waals surface area contributed by atoms with E-state index in [1.165, 1.54) is 0 Å². The molecule has 7 heteroatoms. The van der Waals surface area contributed by atoms with Crippen LogP contribution in [0.3, 0.4) is 0 Å². The largest absolute Gasteiger partial charge is 0.481 e. The Morgan fingerprint density at radius 3 is 2.50 bits per heavy atom. The van der Waals surface area contributed by atoms with Crippen LogP contribution in [0.4, 0.5) is 13.2 Å². The van der Waals surface area contributed by atoms with Crippen LogP contribution in [0.25, 0.3) is 0 Å². The Kier molecular flexibility index (Phi) is 4.61. The van der Waals surface area contributed by atoms with E-state index in [4.69, 9.17) is 5.11 Å². The normalized spacial score (nSPS) is 28.7. The molecule has 0 aliphatic carbocycles. The van der Waals surface area contributed by atoms with Crippen molar-refractivity contribution in [3.05, 3.63) is 0 Å². The molecule has 2 atom stereocenters. The molecule has 0 amide bonds. The summed E-state index contributed by atoms with van der Waals surface area (Å²) in [5.74, 6) is -0.974. The van der Waals surface area contributed by atoms with Crippen molar-refractivity contribution in [1.29, 1.82) is 0 Å². The molecule has 0 bridgehead atoms. The van der Waals surface area contributed by atoms with E-state index < -0.39 is 24.2 Å². The minimum atomic E-state index is -4.63. The minimum absolute atomic E-state index is 0.0600. The van der Waals surface area contributed by atoms with Crippen LogP contribution in [-0.2, 0) is 4.79 Å². The van der Waals surface area contributed by atoms with Gasteiger partial charge in [0, 0.05) is 12.6 Å². The highest BCUT2D eigenvalue weighted by Gasteiger charge is 2.53. The summed E-state index contributed by atoms with van der Waals surface area (Å²) in [5, 5.41) is 18.3. The van der Waals surface area contributed by atoms with Crippen LogP contribution < -0.4 is 0 Å². The van der Waals surface area contributed by atoms with E-state index in [1.807, 2.05) is 0 Å². The number of alkyl halides is 3. The zero-order valence-corrected chi connectivity index (χ0v) is 10.2. The van der Waals surface area contributed by atoms with Crippen LogP contribution in [0.15, 0.2) is 0 Å². The number of carboxylic acid groups (broad SMARTS) is 1. The number of aliphatic hydroxyl groups is 1. The summed E-state index contributed by atoms with van der Waals surface area (Å²) in [7, 11) is 0. The molecular formula is C11H18F3NO3. The second-order valence-electron chi connectivity index (χ2n) is 4.87. The molecule has 0 aromatic rings. The minimum Gasteiger partial charge on any atom is -0.481 e. The number of rotatable bonds is 3. The molecule has 2 unspecified atom stereocenters. The van der Waals surface area contributed by atoms with Crippen molar-refractivity contribution >= 4 is 5.97 Å². The smallest absolute Gasteiger partial charge is 0.417 e. The van der Waals surface area contributed by atoms with E-state index in [9.17, 15) is 23.1 Å². The van der Waals surface area contributed by atoms with Crippen molar-refractivity contribution in [3.63, 3.8) is 0 Å². The Hall–Kier alpha value is -0.820. The van der Waals surface area contributed by atoms with Gasteiger partial charge in [-0.05, 0) is 32.7 Å². The molecule has 0 radical (unpaired) electrons. The lowest BCUT2D eigenvalue weighted by Crippen LogP contribution is -2.46. The lowest BCUT2D eigenvalue weighted by molar-refractivity contribution is -0.263. The number of carboxylic acids is 1. The quantitative estimate of drug-likeness (QED) is 0.817. The maximum atomic E-state index is 12.7. The molecule has 2 N–H and O–H groups in total. The van der Waals surface area contributed by atoms with Gasteiger partial charge in [0.15, 0.2) is 5.60 Å². The topological polar surface area (TPSA) is 60.8 Å². The van der Waals surface area contributed by atoms with Crippen LogP contribution >= 0.6 is 0 Å². The molecule has 1 saturated heterocycles. The van der Waals surface area contributed by atoms with Gasteiger partial charge in [-0.1, -0.05) is 0 Å². The number of nitrogens with zero attached hydrogens (tertiary/aromatic N) is 1. The Labute approximate surface area is 103 Å². The van der Waals surface area contributed by atoms with Gasteiger partial charge in [0.1, 0.15) is 0 Å². The Balaban J connectivity index is 2.64. The first-order valence-electron chi connectivity index (χ1n) is 5.91. The second-order valence-corrected chi connectivity index (χ2v) is 4.87. The van der Waals surface area contributed by atoms with E-state index in [0.717, 1.165) is 0 Å². The Bertz CT molecular complexity index is 308. The number of hydrogen-bond acceptors (Lipinski definition) is 3. The Morgan fingerprint density at radius 2 is 2.00 bits per heavy atom. The van der Waals surface area contributed by atoms with Gasteiger partial charge in [0.05, 0.1) is 6.42 Å². The third-order valence-electron chi connectivity index (χ3n) is 3.47. The molecule has 1 heterocycles. The van der Waals surface area contributed by atoms with Crippen LogP contribution in [0.5, 0.6) is 0 Å². The number of halogens is 3. The first-order chi connectivity index (χ1) is 8.16. The van der Waals surface area contributed by atoms with Crippen LogP contribution in [0.1, 0.15) is 32.6 Å². The van der Waals surface area contributed by atoms with Gasteiger partial charge in [-0.25, -0.2) is 0 Å². The Morgan fingerprint density at radius 1 is 1.39 bits per heavy atom. The summed E-state index contributed by atoms with van der Waals surface area (Å²) < 4.78 is 38.0. The average Bonchev–Trinajstić information content (AvgIpc) is 2.39. The maximum Gasteiger partial charge on any atom is 0.417 e. The van der Waals surface area contributed by atoms with Crippen LogP contribution in [0, 0.1) is 0 Å². The van der Waals surface area contributed by atoms with Gasteiger partial charge in [-0.15, -0.1) is 0 Å². The fraction of sp³-hybridized carbons (Fsp3) is 0.909. The number of aliphatic carboxylic acids is 1. The molecule has 0 aromatic carbocycles. The predicted molar refractivity (Wildman–Crippen MR) is 58.1 cm³/mol. The fourth-order valence-corrected chi connectivity index (χ4v) is 2.25. The highest BCUT2D eigenvalue weighted by molar-refractivity contribution is 5.67. The average molecular weight is 269 g/mol. The summed E-state index contributed by atoms with van der Waals surface area (Å²) in [6, 6.07) is -0.321. The number of likely N-dealkylation sites (tertiary alicyclic amines) is 1. The highest BCUT2D eigenvalue weighted by Crippen LogP contribution is 2.38. The summed E-state index contributed by atoms with van der Waals surface area (Å²) in [6.45, 7) is 2.11. The summed E-state index contributed by atoms with van der Waals surface area (Å²) >= 11 is 0. The molecule has 1 aliphatic heterocycles. The van der Waals surface area contributed by atoms with E-state index in [1.54, 1.807) is 11.8 Å². The van der Waals surface area contributed by atoms with Gasteiger partial charge in [-0.2, -0.15) is 13.2 Å². The van der Waals surface area contributed by atoms with E-state index >= 15 is 0 Å².